The molecule has 0 aromatic heterocycles. The molecule has 0 atom stereocenters. The van der Waals surface area contributed by atoms with Crippen molar-refractivity contribution in [3.63, 3.8) is 0 Å². The summed E-state index contributed by atoms with van der Waals surface area (Å²) in [5, 5.41) is 9.34. The Morgan fingerprint density at radius 3 is 1.19 bits per heavy atom. The molecule has 0 radical (unpaired) electrons. The lowest BCUT2D eigenvalue weighted by Gasteiger charge is -2.41. The molecule has 1 heterocycles. The van der Waals surface area contributed by atoms with Gasteiger partial charge in [-0.05, 0) is 59.7 Å². The van der Waals surface area contributed by atoms with Gasteiger partial charge in [0.2, 0.25) is 0 Å². The van der Waals surface area contributed by atoms with Crippen molar-refractivity contribution < 1.29 is 0 Å². The Morgan fingerprint density at radius 2 is 0.810 bits per heavy atom. The van der Waals surface area contributed by atoms with Crippen molar-refractivity contribution >= 4 is 39.8 Å². The van der Waals surface area contributed by atoms with Crippen LogP contribution in [0.25, 0.3) is 27.1 Å². The summed E-state index contributed by atoms with van der Waals surface area (Å²) in [6.45, 7) is 7.36. The van der Waals surface area contributed by atoms with Crippen molar-refractivity contribution in [3.8, 4) is 28.3 Å². The van der Waals surface area contributed by atoms with Crippen LogP contribution in [0, 0.1) is 17.9 Å². The molecule has 0 fully saturated rings. The highest BCUT2D eigenvalue weighted by Gasteiger charge is 2.32. The summed E-state index contributed by atoms with van der Waals surface area (Å²) >= 11 is 0. The van der Waals surface area contributed by atoms with Gasteiger partial charge in [0.15, 0.2) is 5.69 Å². The first-order valence-electron chi connectivity index (χ1n) is 13.7. The van der Waals surface area contributed by atoms with E-state index in [-0.39, 0.29) is 0 Å². The molecular formula is C38H24N4. The predicted octanol–water partition coefficient (Wildman–Crippen LogP) is 10.7. The van der Waals surface area contributed by atoms with Crippen LogP contribution in [-0.4, -0.2) is 0 Å². The van der Waals surface area contributed by atoms with E-state index in [9.17, 15) is 5.26 Å². The van der Waals surface area contributed by atoms with Gasteiger partial charge < -0.3 is 9.80 Å². The number of nitriles is 1. The van der Waals surface area contributed by atoms with Crippen LogP contribution in [0.2, 0.25) is 0 Å². The van der Waals surface area contributed by atoms with E-state index >= 15 is 0 Å². The molecule has 7 rings (SSSR count). The zero-order valence-corrected chi connectivity index (χ0v) is 22.6. The number of para-hydroxylation sites is 6. The zero-order chi connectivity index (χ0) is 28.5. The minimum Gasteiger partial charge on any atom is -0.306 e. The summed E-state index contributed by atoms with van der Waals surface area (Å²) in [6.07, 6.45) is 0. The van der Waals surface area contributed by atoms with E-state index in [0.717, 1.165) is 56.4 Å². The van der Waals surface area contributed by atoms with Gasteiger partial charge in [-0.2, -0.15) is 5.26 Å². The average Bonchev–Trinajstić information content (AvgIpc) is 3.07. The molecule has 0 saturated carbocycles. The van der Waals surface area contributed by atoms with Gasteiger partial charge in [-0.3, -0.25) is 0 Å². The third kappa shape index (κ3) is 4.16. The molecule has 0 aliphatic carbocycles. The highest BCUT2D eigenvalue weighted by atomic mass is 15.3. The van der Waals surface area contributed by atoms with E-state index in [4.69, 9.17) is 6.57 Å². The van der Waals surface area contributed by atoms with Crippen LogP contribution in [0.3, 0.4) is 0 Å². The number of anilines is 6. The van der Waals surface area contributed by atoms with Gasteiger partial charge in [-0.1, -0.05) is 97.1 Å². The van der Waals surface area contributed by atoms with Crippen molar-refractivity contribution in [1.29, 1.82) is 5.26 Å². The average molecular weight is 537 g/mol. The van der Waals surface area contributed by atoms with Gasteiger partial charge in [-0.25, -0.2) is 4.85 Å². The molecule has 6 aromatic rings. The maximum absolute atomic E-state index is 9.34. The molecule has 0 amide bonds. The van der Waals surface area contributed by atoms with Gasteiger partial charge in [-0.15, -0.1) is 0 Å². The Morgan fingerprint density at radius 1 is 0.452 bits per heavy atom. The summed E-state index contributed by atoms with van der Waals surface area (Å²) in [7, 11) is 0. The van der Waals surface area contributed by atoms with Crippen molar-refractivity contribution in [2.75, 3.05) is 9.80 Å². The molecule has 1 aliphatic heterocycles. The number of nitrogens with zero attached hydrogens (tertiary/aromatic N) is 4. The molecule has 0 unspecified atom stereocenters. The first-order valence-corrected chi connectivity index (χ1v) is 13.7. The standard InChI is InChI=1S/C38H24N4/c1-40-30-24-22-29(23-25-30)32-11-3-5-13-34(32)42-37-16-8-6-14-35(37)41(36-15-7-9-17-38(36)42)33-12-4-2-10-31(33)28-20-18-27(26-39)19-21-28/h2-25H. The van der Waals surface area contributed by atoms with E-state index in [1.807, 2.05) is 48.5 Å². The fourth-order valence-electron chi connectivity index (χ4n) is 5.73. The maximum atomic E-state index is 9.34. The summed E-state index contributed by atoms with van der Waals surface area (Å²) < 4.78 is 0. The third-order valence-corrected chi connectivity index (χ3v) is 7.65. The Kier molecular flexibility index (Phi) is 6.21. The van der Waals surface area contributed by atoms with Gasteiger partial charge in [0, 0.05) is 11.1 Å². The highest BCUT2D eigenvalue weighted by molar-refractivity contribution is 6.05. The first kappa shape index (κ1) is 24.9. The topological polar surface area (TPSA) is 34.6 Å². The van der Waals surface area contributed by atoms with Crippen molar-refractivity contribution in [3.05, 3.63) is 163 Å². The second kappa shape index (κ2) is 10.5. The first-order chi connectivity index (χ1) is 20.8. The second-order valence-electron chi connectivity index (χ2n) is 10.0. The fourth-order valence-corrected chi connectivity index (χ4v) is 5.73. The van der Waals surface area contributed by atoms with Crippen LogP contribution in [0.4, 0.5) is 39.8 Å². The SMILES string of the molecule is [C-]#[N+]c1ccc(-c2ccccc2N2c3ccccc3N(c3ccccc3-c3ccc(C#N)cc3)c3ccccc32)cc1. The van der Waals surface area contributed by atoms with Crippen LogP contribution < -0.4 is 9.80 Å². The largest absolute Gasteiger partial charge is 0.306 e. The Labute approximate surface area is 245 Å². The molecule has 196 valence electrons. The van der Waals surface area contributed by atoms with Crippen LogP contribution in [0.5, 0.6) is 0 Å². The molecule has 0 saturated heterocycles. The monoisotopic (exact) mass is 536 g/mol. The molecule has 1 aliphatic rings. The van der Waals surface area contributed by atoms with E-state index in [1.165, 1.54) is 0 Å². The molecule has 6 aromatic carbocycles. The zero-order valence-electron chi connectivity index (χ0n) is 22.6. The Bertz CT molecular complexity index is 1820. The lowest BCUT2D eigenvalue weighted by Crippen LogP contribution is -2.24. The summed E-state index contributed by atoms with van der Waals surface area (Å²) in [5.41, 5.74) is 11.9. The molecule has 0 spiro atoms. The lowest BCUT2D eigenvalue weighted by molar-refractivity contribution is 1.17. The summed E-state index contributed by atoms with van der Waals surface area (Å²) in [4.78, 5) is 8.24. The molecule has 0 N–H and O–H groups in total. The number of fused-ring (bicyclic) bond motifs is 2. The number of hydrogen-bond acceptors (Lipinski definition) is 3. The third-order valence-electron chi connectivity index (χ3n) is 7.65. The normalized spacial score (nSPS) is 11.7. The molecule has 4 heteroatoms. The smallest absolute Gasteiger partial charge is 0.187 e. The number of hydrogen-bond donors (Lipinski definition) is 0. The quantitative estimate of drug-likeness (QED) is 0.210. The van der Waals surface area contributed by atoms with E-state index < -0.39 is 0 Å². The van der Waals surface area contributed by atoms with Crippen LogP contribution >= 0.6 is 0 Å². The Balaban J connectivity index is 1.44. The molecule has 4 nitrogen and oxygen atoms in total. The predicted molar refractivity (Wildman–Crippen MR) is 171 cm³/mol. The second-order valence-corrected chi connectivity index (χ2v) is 10.0. The molecule has 42 heavy (non-hydrogen) atoms. The summed E-state index contributed by atoms with van der Waals surface area (Å²) in [5.74, 6) is 0. The van der Waals surface area contributed by atoms with Crippen molar-refractivity contribution in [1.82, 2.24) is 0 Å². The minimum atomic E-state index is 0.626. The van der Waals surface area contributed by atoms with Gasteiger partial charge in [0.05, 0.1) is 52.3 Å². The summed E-state index contributed by atoms with van der Waals surface area (Å²) in [6, 6.07) is 51.6. The van der Waals surface area contributed by atoms with E-state index in [0.29, 0.717) is 11.3 Å². The van der Waals surface area contributed by atoms with Crippen molar-refractivity contribution in [2.45, 2.75) is 0 Å². The van der Waals surface area contributed by atoms with Crippen LogP contribution in [0.1, 0.15) is 5.56 Å². The number of benzene rings is 6. The van der Waals surface area contributed by atoms with Crippen LogP contribution in [-0.2, 0) is 0 Å². The Hall–Kier alpha value is -6.10. The van der Waals surface area contributed by atoms with Crippen LogP contribution in [0.15, 0.2) is 146 Å². The van der Waals surface area contributed by atoms with E-state index in [2.05, 4.69) is 118 Å². The van der Waals surface area contributed by atoms with Gasteiger partial charge in [0.25, 0.3) is 0 Å². The maximum Gasteiger partial charge on any atom is 0.187 e. The fraction of sp³-hybridized carbons (Fsp3) is 0. The van der Waals surface area contributed by atoms with E-state index in [1.54, 1.807) is 0 Å². The minimum absolute atomic E-state index is 0.626. The van der Waals surface area contributed by atoms with Crippen molar-refractivity contribution in [2.24, 2.45) is 0 Å². The molecular weight excluding hydrogens is 512 g/mol. The molecule has 0 bridgehead atoms. The highest BCUT2D eigenvalue weighted by Crippen LogP contribution is 2.56. The number of rotatable bonds is 4. The van der Waals surface area contributed by atoms with Gasteiger partial charge in [0.1, 0.15) is 0 Å². The lowest BCUT2D eigenvalue weighted by atomic mass is 9.97. The van der Waals surface area contributed by atoms with Gasteiger partial charge >= 0.3 is 0 Å².